The standard InChI is InChI=1S/C3H7IN4/c1-6-3(5)7-2-8-4/h2H,1H3,(H3,5,6,7,8). The maximum Gasteiger partial charge on any atom is 0.193 e. The molecule has 0 heterocycles. The molecular weight excluding hydrogens is 219 g/mol. The Morgan fingerprint density at radius 1 is 1.88 bits per heavy atom. The van der Waals surface area contributed by atoms with Crippen molar-refractivity contribution in [1.82, 2.24) is 5.32 Å². The first-order valence-corrected chi connectivity index (χ1v) is 2.89. The van der Waals surface area contributed by atoms with Crippen molar-refractivity contribution < 1.29 is 0 Å². The van der Waals surface area contributed by atoms with Crippen molar-refractivity contribution in [3.63, 3.8) is 0 Å². The highest BCUT2D eigenvalue weighted by atomic mass is 127. The van der Waals surface area contributed by atoms with Gasteiger partial charge < -0.3 is 11.1 Å². The number of hydrogen-bond donors (Lipinski definition) is 2. The summed E-state index contributed by atoms with van der Waals surface area (Å²) in [6.45, 7) is 0. The lowest BCUT2D eigenvalue weighted by Crippen LogP contribution is -2.29. The molecule has 0 spiro atoms. The molecule has 0 atom stereocenters. The minimum atomic E-state index is 0.366. The zero-order valence-electron chi connectivity index (χ0n) is 4.43. The molecular formula is C3H7IN4. The molecule has 0 aliphatic rings. The fourth-order valence-corrected chi connectivity index (χ4v) is 0.294. The van der Waals surface area contributed by atoms with Crippen LogP contribution in [0.4, 0.5) is 0 Å². The predicted molar refractivity (Wildman–Crippen MR) is 43.2 cm³/mol. The quantitative estimate of drug-likeness (QED) is 0.372. The summed E-state index contributed by atoms with van der Waals surface area (Å²) in [6.07, 6.45) is 1.46. The van der Waals surface area contributed by atoms with Crippen molar-refractivity contribution in [2.75, 3.05) is 7.05 Å². The number of halogens is 1. The molecule has 46 valence electrons. The number of guanidine groups is 1. The van der Waals surface area contributed by atoms with E-state index in [-0.39, 0.29) is 0 Å². The van der Waals surface area contributed by atoms with Gasteiger partial charge in [-0.15, -0.1) is 0 Å². The lowest BCUT2D eigenvalue weighted by Gasteiger charge is -1.91. The molecule has 0 amide bonds. The molecule has 8 heavy (non-hydrogen) atoms. The lowest BCUT2D eigenvalue weighted by atomic mass is 10.9. The topological polar surface area (TPSA) is 62.8 Å². The summed E-state index contributed by atoms with van der Waals surface area (Å²) in [7, 11) is 1.60. The van der Waals surface area contributed by atoms with Gasteiger partial charge in [0.25, 0.3) is 0 Å². The summed E-state index contributed by atoms with van der Waals surface area (Å²) in [5, 5.41) is 2.61. The number of nitrogens with two attached hydrogens (primary N) is 1. The van der Waals surface area contributed by atoms with Crippen LogP contribution in [0.2, 0.25) is 0 Å². The van der Waals surface area contributed by atoms with Crippen molar-refractivity contribution in [2.45, 2.75) is 0 Å². The number of nitrogens with one attached hydrogen (secondary N) is 1. The summed E-state index contributed by atoms with van der Waals surface area (Å²) in [5.41, 5.74) is 5.20. The van der Waals surface area contributed by atoms with Crippen LogP contribution in [0.3, 0.4) is 0 Å². The Hall–Kier alpha value is -0.330. The van der Waals surface area contributed by atoms with E-state index in [0.29, 0.717) is 5.96 Å². The van der Waals surface area contributed by atoms with E-state index >= 15 is 0 Å². The first-order valence-electron chi connectivity index (χ1n) is 1.93. The fraction of sp³-hybridized carbons (Fsp3) is 0.333. The van der Waals surface area contributed by atoms with Crippen molar-refractivity contribution in [3.05, 3.63) is 0 Å². The number of nitrogens with zero attached hydrogens (tertiary/aromatic N) is 2. The lowest BCUT2D eigenvalue weighted by molar-refractivity contribution is 1.27. The number of rotatable bonds is 1. The van der Waals surface area contributed by atoms with E-state index in [0.717, 1.165) is 0 Å². The van der Waals surface area contributed by atoms with E-state index in [1.807, 2.05) is 22.9 Å². The van der Waals surface area contributed by atoms with Crippen LogP contribution in [0.5, 0.6) is 0 Å². The molecule has 0 fully saturated rings. The van der Waals surface area contributed by atoms with E-state index in [4.69, 9.17) is 5.73 Å². The van der Waals surface area contributed by atoms with Gasteiger partial charge in [-0.25, -0.2) is 3.21 Å². The van der Waals surface area contributed by atoms with Crippen LogP contribution in [0.1, 0.15) is 0 Å². The van der Waals surface area contributed by atoms with Crippen molar-refractivity contribution >= 4 is 35.2 Å². The summed E-state index contributed by atoms with van der Waals surface area (Å²) >= 11 is 1.83. The smallest absolute Gasteiger partial charge is 0.193 e. The first-order chi connectivity index (χ1) is 3.81. The second-order valence-electron chi connectivity index (χ2n) is 0.980. The number of aliphatic imine (C=N–C) groups is 1. The van der Waals surface area contributed by atoms with E-state index in [2.05, 4.69) is 13.5 Å². The van der Waals surface area contributed by atoms with E-state index in [1.165, 1.54) is 6.34 Å². The predicted octanol–water partition coefficient (Wildman–Crippen LogP) is -0.101. The SMILES string of the molecule is CN=C(N)NC=NI. The summed E-state index contributed by atoms with van der Waals surface area (Å²) in [5.74, 6) is 0.366. The van der Waals surface area contributed by atoms with Crippen molar-refractivity contribution in [3.8, 4) is 0 Å². The van der Waals surface area contributed by atoms with Crippen LogP contribution in [-0.4, -0.2) is 19.3 Å². The minimum Gasteiger partial charge on any atom is -0.370 e. The third-order valence-corrected chi connectivity index (χ3v) is 0.781. The molecule has 0 unspecified atom stereocenters. The molecule has 0 saturated carbocycles. The van der Waals surface area contributed by atoms with Crippen LogP contribution < -0.4 is 11.1 Å². The largest absolute Gasteiger partial charge is 0.370 e. The molecule has 0 aromatic rings. The van der Waals surface area contributed by atoms with Crippen LogP contribution >= 0.6 is 22.9 Å². The van der Waals surface area contributed by atoms with Gasteiger partial charge in [0, 0.05) is 7.05 Å². The molecule has 0 bridgehead atoms. The van der Waals surface area contributed by atoms with Gasteiger partial charge in [0.1, 0.15) is 6.34 Å². The highest BCUT2D eigenvalue weighted by molar-refractivity contribution is 14.1. The second-order valence-corrected chi connectivity index (χ2v) is 1.54. The van der Waals surface area contributed by atoms with Crippen LogP contribution in [0.15, 0.2) is 8.20 Å². The van der Waals surface area contributed by atoms with Gasteiger partial charge in [0.2, 0.25) is 0 Å². The maximum absolute atomic E-state index is 5.20. The molecule has 5 heteroatoms. The molecule has 0 aliphatic carbocycles. The third-order valence-electron chi connectivity index (χ3n) is 0.502. The van der Waals surface area contributed by atoms with Gasteiger partial charge in [-0.3, -0.25) is 4.99 Å². The Morgan fingerprint density at radius 3 is 2.88 bits per heavy atom. The molecule has 0 aliphatic heterocycles. The average molecular weight is 226 g/mol. The molecule has 3 N–H and O–H groups in total. The van der Waals surface area contributed by atoms with Crippen LogP contribution in [-0.2, 0) is 0 Å². The summed E-state index contributed by atoms with van der Waals surface area (Å²) < 4.78 is 3.60. The zero-order valence-corrected chi connectivity index (χ0v) is 6.58. The van der Waals surface area contributed by atoms with Crippen LogP contribution in [0.25, 0.3) is 0 Å². The zero-order chi connectivity index (χ0) is 6.41. The number of hydrogen-bond acceptors (Lipinski definition) is 2. The average Bonchev–Trinajstić information content (AvgIpc) is 1.83. The third kappa shape index (κ3) is 3.85. The van der Waals surface area contributed by atoms with E-state index < -0.39 is 0 Å². The fourth-order valence-electron chi connectivity index (χ4n) is 0.155. The first kappa shape index (κ1) is 7.67. The van der Waals surface area contributed by atoms with Gasteiger partial charge in [-0.2, -0.15) is 0 Å². The van der Waals surface area contributed by atoms with E-state index in [9.17, 15) is 0 Å². The monoisotopic (exact) mass is 226 g/mol. The normalized spacial score (nSPS) is 12.5. The van der Waals surface area contributed by atoms with Gasteiger partial charge >= 0.3 is 0 Å². The Kier molecular flexibility index (Phi) is 4.62. The minimum absolute atomic E-state index is 0.366. The highest BCUT2D eigenvalue weighted by Crippen LogP contribution is 1.73. The molecule has 4 nitrogen and oxygen atoms in total. The van der Waals surface area contributed by atoms with Gasteiger partial charge in [-0.05, 0) is 0 Å². The van der Waals surface area contributed by atoms with Gasteiger partial charge in [-0.1, -0.05) is 0 Å². The maximum atomic E-state index is 5.20. The summed E-state index contributed by atoms with van der Waals surface area (Å²) in [6, 6.07) is 0. The van der Waals surface area contributed by atoms with Crippen LogP contribution in [0, 0.1) is 0 Å². The van der Waals surface area contributed by atoms with E-state index in [1.54, 1.807) is 7.05 Å². The Bertz CT molecular complexity index is 108. The van der Waals surface area contributed by atoms with Crippen molar-refractivity contribution in [1.29, 1.82) is 0 Å². The van der Waals surface area contributed by atoms with Crippen molar-refractivity contribution in [2.24, 2.45) is 13.9 Å². The van der Waals surface area contributed by atoms with Gasteiger partial charge in [0.05, 0.1) is 22.9 Å². The Morgan fingerprint density at radius 2 is 2.50 bits per heavy atom. The molecule has 0 aromatic heterocycles. The second kappa shape index (κ2) is 4.82. The Balaban J connectivity index is 3.40. The molecule has 0 rings (SSSR count). The Labute approximate surface area is 61.8 Å². The van der Waals surface area contributed by atoms with Gasteiger partial charge in [0.15, 0.2) is 5.96 Å². The summed E-state index contributed by atoms with van der Waals surface area (Å²) in [4.78, 5) is 3.61. The molecule has 0 aromatic carbocycles. The highest BCUT2D eigenvalue weighted by Gasteiger charge is 1.77. The molecule has 0 saturated heterocycles. The molecule has 0 radical (unpaired) electrons.